The Morgan fingerprint density at radius 1 is 1.00 bits per heavy atom. The number of rotatable bonds is 6. The normalized spacial score (nSPS) is 10.4. The lowest BCUT2D eigenvalue weighted by Crippen LogP contribution is -2.00. The molecule has 0 atom stereocenters. The molecular weight excluding hydrogens is 256 g/mol. The summed E-state index contributed by atoms with van der Waals surface area (Å²) in [5, 5.41) is 0. The van der Waals surface area contributed by atoms with Crippen molar-refractivity contribution in [3.05, 3.63) is 65.7 Å². The Balaban J connectivity index is 2.04. The van der Waals surface area contributed by atoms with Crippen molar-refractivity contribution in [1.82, 2.24) is 0 Å². The minimum atomic E-state index is 0.0639. The fraction of sp³-hybridized carbons (Fsp3) is 0.188. The Morgan fingerprint density at radius 2 is 1.63 bits per heavy atom. The van der Waals surface area contributed by atoms with E-state index in [1.54, 1.807) is 18.9 Å². The van der Waals surface area contributed by atoms with Crippen LogP contribution in [0.25, 0.3) is 0 Å². The predicted octanol–water partition coefficient (Wildman–Crippen LogP) is 3.66. The highest BCUT2D eigenvalue weighted by molar-refractivity contribution is 7.99. The van der Waals surface area contributed by atoms with Crippen molar-refractivity contribution >= 4 is 17.5 Å². The van der Waals surface area contributed by atoms with Gasteiger partial charge in [0.25, 0.3) is 0 Å². The lowest BCUT2D eigenvalue weighted by atomic mass is 10.0. The molecule has 19 heavy (non-hydrogen) atoms. The summed E-state index contributed by atoms with van der Waals surface area (Å²) < 4.78 is 5.01. The zero-order valence-corrected chi connectivity index (χ0v) is 11.7. The van der Waals surface area contributed by atoms with Crippen LogP contribution in [0.15, 0.2) is 59.5 Å². The third kappa shape index (κ3) is 3.94. The maximum absolute atomic E-state index is 12.2. The van der Waals surface area contributed by atoms with Crippen LogP contribution in [0, 0.1) is 0 Å². The Kier molecular flexibility index (Phi) is 5.19. The number of ketones is 1. The van der Waals surface area contributed by atoms with Crippen molar-refractivity contribution in [1.29, 1.82) is 0 Å². The molecule has 0 saturated carbocycles. The highest BCUT2D eigenvalue weighted by Crippen LogP contribution is 2.19. The molecule has 0 aliphatic rings. The van der Waals surface area contributed by atoms with Crippen molar-refractivity contribution in [2.75, 3.05) is 19.5 Å². The first-order valence-electron chi connectivity index (χ1n) is 6.13. The van der Waals surface area contributed by atoms with E-state index in [0.717, 1.165) is 28.4 Å². The van der Waals surface area contributed by atoms with Gasteiger partial charge in [0.15, 0.2) is 5.78 Å². The Labute approximate surface area is 117 Å². The number of hydrogen-bond acceptors (Lipinski definition) is 3. The van der Waals surface area contributed by atoms with E-state index in [-0.39, 0.29) is 5.78 Å². The number of benzene rings is 2. The molecule has 0 unspecified atom stereocenters. The maximum Gasteiger partial charge on any atom is 0.193 e. The molecule has 0 saturated heterocycles. The van der Waals surface area contributed by atoms with Gasteiger partial charge >= 0.3 is 0 Å². The van der Waals surface area contributed by atoms with E-state index in [0.29, 0.717) is 0 Å². The van der Waals surface area contributed by atoms with E-state index in [9.17, 15) is 4.79 Å². The first-order valence-corrected chi connectivity index (χ1v) is 7.11. The molecule has 2 rings (SSSR count). The number of carbonyl (C=O) groups excluding carboxylic acids is 1. The maximum atomic E-state index is 12.2. The van der Waals surface area contributed by atoms with Gasteiger partial charge in [0, 0.05) is 28.9 Å². The van der Waals surface area contributed by atoms with Gasteiger partial charge < -0.3 is 4.74 Å². The van der Waals surface area contributed by atoms with E-state index in [4.69, 9.17) is 4.74 Å². The lowest BCUT2D eigenvalue weighted by molar-refractivity contribution is 0.103. The van der Waals surface area contributed by atoms with Crippen molar-refractivity contribution in [3.8, 4) is 0 Å². The smallest absolute Gasteiger partial charge is 0.193 e. The average Bonchev–Trinajstić information content (AvgIpc) is 2.48. The van der Waals surface area contributed by atoms with Gasteiger partial charge in [0.1, 0.15) is 0 Å². The summed E-state index contributed by atoms with van der Waals surface area (Å²) in [5.41, 5.74) is 1.45. The largest absolute Gasteiger partial charge is 0.384 e. The lowest BCUT2D eigenvalue weighted by Gasteiger charge is -2.04. The first kappa shape index (κ1) is 13.8. The van der Waals surface area contributed by atoms with Gasteiger partial charge in [-0.25, -0.2) is 0 Å². The molecule has 0 bridgehead atoms. The Bertz CT molecular complexity index is 520. The van der Waals surface area contributed by atoms with E-state index in [2.05, 4.69) is 0 Å². The van der Waals surface area contributed by atoms with Crippen molar-refractivity contribution in [2.24, 2.45) is 0 Å². The van der Waals surface area contributed by atoms with Crippen LogP contribution in [0.3, 0.4) is 0 Å². The fourth-order valence-electron chi connectivity index (χ4n) is 1.70. The second kappa shape index (κ2) is 7.12. The van der Waals surface area contributed by atoms with Gasteiger partial charge in [0.05, 0.1) is 6.61 Å². The highest BCUT2D eigenvalue weighted by atomic mass is 32.2. The van der Waals surface area contributed by atoms with Crippen LogP contribution < -0.4 is 0 Å². The molecule has 0 radical (unpaired) electrons. The number of carbonyl (C=O) groups is 1. The van der Waals surface area contributed by atoms with Gasteiger partial charge in [-0.2, -0.15) is 0 Å². The Morgan fingerprint density at radius 3 is 2.26 bits per heavy atom. The molecule has 0 aromatic heterocycles. The first-order chi connectivity index (χ1) is 9.31. The second-order valence-electron chi connectivity index (χ2n) is 4.06. The molecule has 2 aromatic rings. The van der Waals surface area contributed by atoms with Gasteiger partial charge in [0.2, 0.25) is 0 Å². The van der Waals surface area contributed by atoms with Gasteiger partial charge in [-0.15, -0.1) is 11.8 Å². The zero-order chi connectivity index (χ0) is 13.5. The topological polar surface area (TPSA) is 26.3 Å². The average molecular weight is 272 g/mol. The molecule has 0 N–H and O–H groups in total. The van der Waals surface area contributed by atoms with E-state index < -0.39 is 0 Å². The SMILES string of the molecule is COCCSc1ccc(C(=O)c2ccccc2)cc1. The van der Waals surface area contributed by atoms with E-state index in [1.807, 2.05) is 54.6 Å². The standard InChI is InChI=1S/C16H16O2S/c1-18-11-12-19-15-9-7-14(8-10-15)16(17)13-5-3-2-4-6-13/h2-10H,11-12H2,1H3. The molecule has 2 aromatic carbocycles. The van der Waals surface area contributed by atoms with Gasteiger partial charge in [-0.1, -0.05) is 30.3 Å². The quantitative estimate of drug-likeness (QED) is 0.456. The third-order valence-corrected chi connectivity index (χ3v) is 3.68. The third-order valence-electron chi connectivity index (χ3n) is 2.71. The minimum Gasteiger partial charge on any atom is -0.384 e. The van der Waals surface area contributed by atoms with Crippen LogP contribution in [-0.4, -0.2) is 25.3 Å². The molecule has 0 amide bonds. The van der Waals surface area contributed by atoms with Crippen LogP contribution in [0.1, 0.15) is 15.9 Å². The fourth-order valence-corrected chi connectivity index (χ4v) is 2.52. The molecule has 0 fully saturated rings. The molecule has 2 nitrogen and oxygen atoms in total. The summed E-state index contributed by atoms with van der Waals surface area (Å²) in [6.07, 6.45) is 0. The van der Waals surface area contributed by atoms with Crippen molar-refractivity contribution in [3.63, 3.8) is 0 Å². The van der Waals surface area contributed by atoms with Gasteiger partial charge in [-0.3, -0.25) is 4.79 Å². The van der Waals surface area contributed by atoms with E-state index in [1.165, 1.54) is 0 Å². The van der Waals surface area contributed by atoms with Crippen LogP contribution in [0.4, 0.5) is 0 Å². The van der Waals surface area contributed by atoms with Crippen LogP contribution in [0.5, 0.6) is 0 Å². The molecule has 0 aliphatic heterocycles. The predicted molar refractivity (Wildman–Crippen MR) is 78.9 cm³/mol. The highest BCUT2D eigenvalue weighted by Gasteiger charge is 2.07. The molecule has 98 valence electrons. The summed E-state index contributed by atoms with van der Waals surface area (Å²) in [5.74, 6) is 0.983. The minimum absolute atomic E-state index is 0.0639. The summed E-state index contributed by atoms with van der Waals surface area (Å²) >= 11 is 1.72. The van der Waals surface area contributed by atoms with Crippen molar-refractivity contribution in [2.45, 2.75) is 4.90 Å². The number of thioether (sulfide) groups is 1. The van der Waals surface area contributed by atoms with Crippen LogP contribution in [0.2, 0.25) is 0 Å². The monoisotopic (exact) mass is 272 g/mol. The summed E-state index contributed by atoms with van der Waals surface area (Å²) in [6.45, 7) is 0.732. The zero-order valence-electron chi connectivity index (χ0n) is 10.8. The van der Waals surface area contributed by atoms with E-state index >= 15 is 0 Å². The van der Waals surface area contributed by atoms with Crippen LogP contribution >= 0.6 is 11.8 Å². The molecule has 0 heterocycles. The summed E-state index contributed by atoms with van der Waals surface area (Å²) in [6, 6.07) is 17.1. The molecule has 3 heteroatoms. The van der Waals surface area contributed by atoms with Gasteiger partial charge in [-0.05, 0) is 24.3 Å². The molecular formula is C16H16O2S. The summed E-state index contributed by atoms with van der Waals surface area (Å²) in [4.78, 5) is 13.3. The van der Waals surface area contributed by atoms with Crippen LogP contribution in [-0.2, 0) is 4.74 Å². The number of methoxy groups -OCH3 is 1. The Hall–Kier alpha value is -1.58. The molecule has 0 aliphatic carbocycles. The second-order valence-corrected chi connectivity index (χ2v) is 5.23. The number of ether oxygens (including phenoxy) is 1. The summed E-state index contributed by atoms with van der Waals surface area (Å²) in [7, 11) is 1.70. The molecule has 0 spiro atoms. The number of hydrogen-bond donors (Lipinski definition) is 0. The van der Waals surface area contributed by atoms with Crippen molar-refractivity contribution < 1.29 is 9.53 Å².